The van der Waals surface area contributed by atoms with Crippen molar-refractivity contribution in [3.63, 3.8) is 0 Å². The van der Waals surface area contributed by atoms with Crippen LogP contribution in [0, 0.1) is 16.7 Å². The minimum Gasteiger partial charge on any atom is -0.450 e. The molecule has 0 fully saturated rings. The number of hydrogen-bond donors (Lipinski definition) is 0. The lowest BCUT2D eigenvalue weighted by molar-refractivity contribution is -0.151. The predicted octanol–water partition coefficient (Wildman–Crippen LogP) is 1.10. The molecule has 0 aliphatic carbocycles. The SMILES string of the molecule is CC(C)(C)C(=O)OC[11C]#N. The highest BCUT2D eigenvalue weighted by atomic mass is 16.5. The summed E-state index contributed by atoms with van der Waals surface area (Å²) in [5, 5.41) is 8.05. The van der Waals surface area contributed by atoms with Crippen LogP contribution in [0.1, 0.15) is 20.8 Å². The Morgan fingerprint density at radius 1 is 1.60 bits per heavy atom. The Morgan fingerprint density at radius 3 is 2.40 bits per heavy atom. The summed E-state index contributed by atoms with van der Waals surface area (Å²) in [6, 6.07) is 1.73. The summed E-state index contributed by atoms with van der Waals surface area (Å²) < 4.78 is 4.56. The van der Waals surface area contributed by atoms with Gasteiger partial charge in [0.05, 0.1) is 5.41 Å². The van der Waals surface area contributed by atoms with Crippen molar-refractivity contribution in [1.29, 1.82) is 5.26 Å². The van der Waals surface area contributed by atoms with Gasteiger partial charge in [-0.2, -0.15) is 5.26 Å². The molecule has 0 saturated carbocycles. The maximum atomic E-state index is 10.9. The van der Waals surface area contributed by atoms with E-state index >= 15 is 0 Å². The Hall–Kier alpha value is -1.04. The second-order valence-corrected chi connectivity index (χ2v) is 2.98. The third-order valence-electron chi connectivity index (χ3n) is 0.880. The van der Waals surface area contributed by atoms with E-state index in [-0.39, 0.29) is 12.6 Å². The normalized spacial score (nSPS) is 10.2. The second-order valence-electron chi connectivity index (χ2n) is 2.98. The van der Waals surface area contributed by atoms with Gasteiger partial charge in [-0.05, 0) is 20.8 Å². The van der Waals surface area contributed by atoms with Gasteiger partial charge in [-0.25, -0.2) is 0 Å². The van der Waals surface area contributed by atoms with Gasteiger partial charge in [0, 0.05) is 0 Å². The summed E-state index contributed by atoms with van der Waals surface area (Å²) in [4.78, 5) is 10.9. The van der Waals surface area contributed by atoms with Crippen molar-refractivity contribution < 1.29 is 9.53 Å². The zero-order valence-corrected chi connectivity index (χ0v) is 6.47. The molecular formula is C7H11NO2. The van der Waals surface area contributed by atoms with Gasteiger partial charge < -0.3 is 4.74 Å². The topological polar surface area (TPSA) is 50.1 Å². The molecule has 10 heavy (non-hydrogen) atoms. The van der Waals surface area contributed by atoms with Gasteiger partial charge in [0.15, 0.2) is 6.61 Å². The minimum atomic E-state index is -0.503. The molecular weight excluding hydrogens is 129 g/mol. The highest BCUT2D eigenvalue weighted by molar-refractivity contribution is 5.75. The van der Waals surface area contributed by atoms with E-state index in [1.54, 1.807) is 26.8 Å². The summed E-state index contributed by atoms with van der Waals surface area (Å²) in [6.45, 7) is 5.07. The van der Waals surface area contributed by atoms with Gasteiger partial charge in [0.25, 0.3) is 0 Å². The van der Waals surface area contributed by atoms with E-state index in [1.165, 1.54) is 0 Å². The van der Waals surface area contributed by atoms with Gasteiger partial charge >= 0.3 is 5.97 Å². The molecule has 0 aromatic heterocycles. The van der Waals surface area contributed by atoms with Gasteiger partial charge in [-0.1, -0.05) is 0 Å². The largest absolute Gasteiger partial charge is 0.450 e. The molecule has 0 heterocycles. The van der Waals surface area contributed by atoms with Gasteiger partial charge in [-0.3, -0.25) is 4.79 Å². The van der Waals surface area contributed by atoms with Crippen molar-refractivity contribution in [3.05, 3.63) is 0 Å². The fourth-order valence-corrected chi connectivity index (χ4v) is 0.314. The summed E-state index contributed by atoms with van der Waals surface area (Å²) in [7, 11) is 0. The van der Waals surface area contributed by atoms with E-state index in [1.807, 2.05) is 0 Å². The van der Waals surface area contributed by atoms with E-state index in [0.29, 0.717) is 0 Å². The number of ether oxygens (including phenoxy) is 1. The Kier molecular flexibility index (Phi) is 2.88. The van der Waals surface area contributed by atoms with Crippen LogP contribution < -0.4 is 0 Å². The first-order valence-electron chi connectivity index (χ1n) is 3.02. The second kappa shape index (κ2) is 3.21. The van der Waals surface area contributed by atoms with Crippen LogP contribution in [0.2, 0.25) is 0 Å². The molecule has 0 aromatic rings. The molecule has 3 nitrogen and oxygen atoms in total. The minimum absolute atomic E-state index is 0.157. The first-order valence-corrected chi connectivity index (χ1v) is 3.02. The van der Waals surface area contributed by atoms with Crippen LogP contribution in [0.4, 0.5) is 0 Å². The number of nitrogens with zero attached hydrogens (tertiary/aromatic N) is 1. The number of hydrogen-bond acceptors (Lipinski definition) is 3. The molecule has 56 valence electrons. The first-order chi connectivity index (χ1) is 4.48. The lowest BCUT2D eigenvalue weighted by atomic mass is 9.97. The number of carbonyl (C=O) groups excluding carboxylic acids is 1. The quantitative estimate of drug-likeness (QED) is 0.512. The van der Waals surface area contributed by atoms with Gasteiger partial charge in [-0.15, -0.1) is 0 Å². The molecule has 0 unspecified atom stereocenters. The fourth-order valence-electron chi connectivity index (χ4n) is 0.314. The van der Waals surface area contributed by atoms with Gasteiger partial charge in [0.2, 0.25) is 0 Å². The van der Waals surface area contributed by atoms with Crippen LogP contribution >= 0.6 is 0 Å². The number of esters is 1. The molecule has 0 aromatic carbocycles. The van der Waals surface area contributed by atoms with Crippen molar-refractivity contribution in [2.24, 2.45) is 5.41 Å². The average Bonchev–Trinajstić information content (AvgIpc) is 1.80. The predicted molar refractivity (Wildman–Crippen MR) is 36.0 cm³/mol. The lowest BCUT2D eigenvalue weighted by Crippen LogP contribution is -2.22. The highest BCUT2D eigenvalue weighted by Crippen LogP contribution is 2.14. The van der Waals surface area contributed by atoms with Crippen LogP contribution in [0.25, 0.3) is 0 Å². The standard InChI is InChI=1S/C7H11NO2/c1-7(2,3)6(9)10-5-4-8/h5H2,1-3H3/i4-1. The Balaban J connectivity index is 3.78. The lowest BCUT2D eigenvalue weighted by Gasteiger charge is -2.14. The summed E-state index contributed by atoms with van der Waals surface area (Å²) in [5.41, 5.74) is -0.503. The Bertz CT molecular complexity index is 161. The first kappa shape index (κ1) is 8.96. The molecule has 0 spiro atoms. The van der Waals surface area contributed by atoms with Crippen molar-refractivity contribution in [2.45, 2.75) is 20.8 Å². The summed E-state index contributed by atoms with van der Waals surface area (Å²) in [6.07, 6.45) is 0. The van der Waals surface area contributed by atoms with Crippen molar-refractivity contribution in [2.75, 3.05) is 6.61 Å². The average molecular weight is 140 g/mol. The van der Waals surface area contributed by atoms with Crippen molar-refractivity contribution in [1.82, 2.24) is 0 Å². The molecule has 0 atom stereocenters. The Morgan fingerprint density at radius 2 is 2.10 bits per heavy atom. The zero-order valence-electron chi connectivity index (χ0n) is 6.47. The van der Waals surface area contributed by atoms with E-state index in [2.05, 4.69) is 4.74 Å². The third-order valence-corrected chi connectivity index (χ3v) is 0.880. The number of rotatable bonds is 1. The molecule has 0 N–H and O–H groups in total. The molecule has 0 aliphatic heterocycles. The maximum absolute atomic E-state index is 10.9. The van der Waals surface area contributed by atoms with E-state index in [9.17, 15) is 4.79 Å². The molecule has 0 radical (unpaired) electrons. The van der Waals surface area contributed by atoms with Crippen LogP contribution in [-0.4, -0.2) is 12.6 Å². The highest BCUT2D eigenvalue weighted by Gasteiger charge is 2.22. The fraction of sp³-hybridized carbons (Fsp3) is 0.714. The molecule has 0 saturated heterocycles. The molecule has 0 amide bonds. The van der Waals surface area contributed by atoms with E-state index in [0.717, 1.165) is 0 Å². The third kappa shape index (κ3) is 3.08. The maximum Gasteiger partial charge on any atom is 0.312 e. The molecule has 0 bridgehead atoms. The smallest absolute Gasteiger partial charge is 0.312 e. The zero-order chi connectivity index (χ0) is 8.20. The summed E-state index contributed by atoms with van der Waals surface area (Å²) in [5.74, 6) is -0.339. The van der Waals surface area contributed by atoms with E-state index < -0.39 is 5.41 Å². The molecule has 0 rings (SSSR count). The molecule has 0 aliphatic rings. The van der Waals surface area contributed by atoms with Crippen LogP contribution in [0.3, 0.4) is 0 Å². The molecule has 3 heteroatoms. The van der Waals surface area contributed by atoms with Crippen LogP contribution in [0.5, 0.6) is 0 Å². The van der Waals surface area contributed by atoms with Crippen LogP contribution in [-0.2, 0) is 9.53 Å². The van der Waals surface area contributed by atoms with Crippen molar-refractivity contribution >= 4 is 5.97 Å². The monoisotopic (exact) mass is 140 g/mol. The van der Waals surface area contributed by atoms with Gasteiger partial charge in [0.1, 0.15) is 6.07 Å². The van der Waals surface area contributed by atoms with Crippen LogP contribution in [0.15, 0.2) is 0 Å². The number of nitriles is 1. The Labute approximate surface area is 60.6 Å². The summed E-state index contributed by atoms with van der Waals surface area (Å²) >= 11 is 0. The number of carbonyl (C=O) groups is 1. The van der Waals surface area contributed by atoms with Crippen molar-refractivity contribution in [3.8, 4) is 6.07 Å². The van der Waals surface area contributed by atoms with E-state index in [4.69, 9.17) is 5.26 Å².